The van der Waals surface area contributed by atoms with Crippen LogP contribution in [0.5, 0.6) is 0 Å². The third-order valence-electron chi connectivity index (χ3n) is 2.28. The predicted octanol–water partition coefficient (Wildman–Crippen LogP) is 1.55. The van der Waals surface area contributed by atoms with E-state index in [1.54, 1.807) is 0 Å². The zero-order valence-corrected chi connectivity index (χ0v) is 8.18. The Morgan fingerprint density at radius 3 is 1.15 bits per heavy atom. The van der Waals surface area contributed by atoms with Gasteiger partial charge in [0.05, 0.1) is 21.7 Å². The van der Waals surface area contributed by atoms with E-state index in [2.05, 4.69) is 0 Å². The van der Waals surface area contributed by atoms with Crippen molar-refractivity contribution >= 4 is 0 Å². The molecule has 0 fully saturated rings. The van der Waals surface area contributed by atoms with Crippen LogP contribution in [0.15, 0.2) is 0 Å². The van der Waals surface area contributed by atoms with E-state index < -0.39 is 27.3 Å². The van der Waals surface area contributed by atoms with E-state index >= 15 is 0 Å². The molecule has 0 saturated heterocycles. The van der Waals surface area contributed by atoms with Crippen LogP contribution in [0.3, 0.4) is 0 Å². The van der Waals surface area contributed by atoms with Crippen LogP contribution < -0.4 is 0 Å². The Balaban J connectivity index is 5.32. The van der Waals surface area contributed by atoms with Crippen molar-refractivity contribution in [2.75, 3.05) is 0 Å². The molecule has 0 aliphatic rings. The second-order valence-corrected chi connectivity index (χ2v) is 3.61. The summed E-state index contributed by atoms with van der Waals surface area (Å²) in [6.45, 7) is 5.97. The normalized spacial score (nSPS) is 12.2. The third-order valence-corrected chi connectivity index (χ3v) is 2.28. The number of hydrogen-bond acceptors (Lipinski definition) is 4. The highest BCUT2D eigenvalue weighted by Crippen LogP contribution is 2.30. The summed E-state index contributed by atoms with van der Waals surface area (Å²) < 4.78 is 0. The van der Waals surface area contributed by atoms with Crippen LogP contribution in [0.4, 0.5) is 0 Å². The zero-order chi connectivity index (χ0) is 10.8. The first-order chi connectivity index (χ1) is 5.77. The fourth-order valence-corrected chi connectivity index (χ4v) is 1.58. The van der Waals surface area contributed by atoms with Gasteiger partial charge in [-0.1, -0.05) is 0 Å². The van der Waals surface area contributed by atoms with Crippen LogP contribution >= 0.6 is 0 Å². The van der Waals surface area contributed by atoms with Crippen molar-refractivity contribution in [2.24, 2.45) is 11.8 Å². The van der Waals surface area contributed by atoms with Gasteiger partial charge in [0, 0.05) is 0 Å². The Kier molecular flexibility index (Phi) is 3.34. The maximum Gasteiger partial charge on any atom is 0.462 e. The summed E-state index contributed by atoms with van der Waals surface area (Å²) in [5.41, 5.74) is -2.06. The molecule has 0 spiro atoms. The van der Waals surface area contributed by atoms with E-state index in [-0.39, 0.29) is 0 Å². The lowest BCUT2D eigenvalue weighted by atomic mass is 9.86. The molecule has 0 saturated carbocycles. The van der Waals surface area contributed by atoms with Crippen molar-refractivity contribution in [3.05, 3.63) is 20.2 Å². The average Bonchev–Trinajstić information content (AvgIpc) is 1.82. The molecule has 0 bridgehead atoms. The minimum atomic E-state index is -2.06. The second kappa shape index (κ2) is 3.68. The summed E-state index contributed by atoms with van der Waals surface area (Å²) in [6, 6.07) is 0. The molecule has 0 radical (unpaired) electrons. The van der Waals surface area contributed by atoms with Gasteiger partial charge in [-0.2, -0.15) is 0 Å². The zero-order valence-electron chi connectivity index (χ0n) is 8.18. The van der Waals surface area contributed by atoms with Gasteiger partial charge in [-0.25, -0.2) is 0 Å². The van der Waals surface area contributed by atoms with Gasteiger partial charge in [0.25, 0.3) is 0 Å². The van der Waals surface area contributed by atoms with Crippen LogP contribution in [0, 0.1) is 32.1 Å². The van der Waals surface area contributed by atoms with Gasteiger partial charge < -0.3 is 0 Å². The minimum Gasteiger partial charge on any atom is -0.258 e. The van der Waals surface area contributed by atoms with Gasteiger partial charge in [0.2, 0.25) is 0 Å². The van der Waals surface area contributed by atoms with E-state index in [9.17, 15) is 20.2 Å². The molecule has 0 aromatic heterocycles. The standard InChI is InChI=1S/C7H14N2O4/c1-5(2)7(6(3)4,8(10)11)9(12)13/h5-6H,1-4H3. The maximum absolute atomic E-state index is 10.7. The Bertz CT molecular complexity index is 201. The van der Waals surface area contributed by atoms with Crippen LogP contribution in [-0.2, 0) is 0 Å². The summed E-state index contributed by atoms with van der Waals surface area (Å²) in [5.74, 6) is -1.25. The summed E-state index contributed by atoms with van der Waals surface area (Å²) in [7, 11) is 0. The number of rotatable bonds is 4. The smallest absolute Gasteiger partial charge is 0.258 e. The van der Waals surface area contributed by atoms with E-state index in [4.69, 9.17) is 0 Å². The van der Waals surface area contributed by atoms with Gasteiger partial charge in [-0.15, -0.1) is 0 Å². The van der Waals surface area contributed by atoms with E-state index in [0.29, 0.717) is 0 Å². The van der Waals surface area contributed by atoms with Crippen LogP contribution in [0.1, 0.15) is 27.7 Å². The SMILES string of the molecule is CC(C)C(C(C)C)([N+](=O)[O-])[N+](=O)[O-]. The van der Waals surface area contributed by atoms with Gasteiger partial charge >= 0.3 is 5.66 Å². The van der Waals surface area contributed by atoms with Crippen molar-refractivity contribution in [2.45, 2.75) is 33.4 Å². The molecule has 76 valence electrons. The van der Waals surface area contributed by atoms with Crippen molar-refractivity contribution in [1.82, 2.24) is 0 Å². The number of hydrogen-bond donors (Lipinski definition) is 0. The fourth-order valence-electron chi connectivity index (χ4n) is 1.58. The molecular formula is C7H14N2O4. The first-order valence-electron chi connectivity index (χ1n) is 4.06. The molecule has 0 aromatic rings. The third kappa shape index (κ3) is 1.61. The average molecular weight is 190 g/mol. The predicted molar refractivity (Wildman–Crippen MR) is 46.4 cm³/mol. The quantitative estimate of drug-likeness (QED) is 0.382. The van der Waals surface area contributed by atoms with E-state index in [0.717, 1.165) is 0 Å². The summed E-state index contributed by atoms with van der Waals surface area (Å²) in [5, 5.41) is 21.4. The van der Waals surface area contributed by atoms with Crippen molar-refractivity contribution in [1.29, 1.82) is 0 Å². The molecule has 0 amide bonds. The molecule has 0 aliphatic heterocycles. The van der Waals surface area contributed by atoms with Crippen molar-refractivity contribution in [3.8, 4) is 0 Å². The Hall–Kier alpha value is -1.20. The lowest BCUT2D eigenvalue weighted by molar-refractivity contribution is -0.814. The minimum absolute atomic E-state index is 0.627. The molecule has 0 aromatic carbocycles. The molecule has 0 N–H and O–H groups in total. The molecule has 6 nitrogen and oxygen atoms in total. The lowest BCUT2D eigenvalue weighted by Crippen LogP contribution is -2.54. The Morgan fingerprint density at radius 2 is 1.15 bits per heavy atom. The largest absolute Gasteiger partial charge is 0.462 e. The van der Waals surface area contributed by atoms with Crippen LogP contribution in [0.25, 0.3) is 0 Å². The van der Waals surface area contributed by atoms with Crippen LogP contribution in [0.2, 0.25) is 0 Å². The summed E-state index contributed by atoms with van der Waals surface area (Å²) in [6.07, 6.45) is 0. The molecule has 0 heterocycles. The molecular weight excluding hydrogens is 176 g/mol. The van der Waals surface area contributed by atoms with Crippen LogP contribution in [-0.4, -0.2) is 15.5 Å². The van der Waals surface area contributed by atoms with Gasteiger partial charge in [0.1, 0.15) is 0 Å². The molecule has 0 rings (SSSR count). The molecule has 0 atom stereocenters. The Morgan fingerprint density at radius 1 is 0.923 bits per heavy atom. The summed E-state index contributed by atoms with van der Waals surface area (Å²) in [4.78, 5) is 19.8. The molecule has 13 heavy (non-hydrogen) atoms. The topological polar surface area (TPSA) is 86.3 Å². The monoisotopic (exact) mass is 190 g/mol. The summed E-state index contributed by atoms with van der Waals surface area (Å²) >= 11 is 0. The second-order valence-electron chi connectivity index (χ2n) is 3.61. The first kappa shape index (κ1) is 11.8. The molecule has 6 heteroatoms. The Labute approximate surface area is 76.2 Å². The highest BCUT2D eigenvalue weighted by atomic mass is 16.7. The van der Waals surface area contributed by atoms with Gasteiger partial charge in [-0.3, -0.25) is 20.2 Å². The number of nitrogens with zero attached hydrogens (tertiary/aromatic N) is 2. The molecule has 0 aliphatic carbocycles. The number of nitro groups is 2. The van der Waals surface area contributed by atoms with E-state index in [1.165, 1.54) is 27.7 Å². The first-order valence-corrected chi connectivity index (χ1v) is 4.06. The highest BCUT2D eigenvalue weighted by Gasteiger charge is 2.61. The maximum atomic E-state index is 10.7. The van der Waals surface area contributed by atoms with Gasteiger partial charge in [-0.05, 0) is 27.7 Å². The highest BCUT2D eigenvalue weighted by molar-refractivity contribution is 4.74. The lowest BCUT2D eigenvalue weighted by Gasteiger charge is -2.23. The fraction of sp³-hybridized carbons (Fsp3) is 1.00. The van der Waals surface area contributed by atoms with Gasteiger partial charge in [0.15, 0.2) is 0 Å². The van der Waals surface area contributed by atoms with Crippen molar-refractivity contribution in [3.63, 3.8) is 0 Å². The molecule has 0 unspecified atom stereocenters. The van der Waals surface area contributed by atoms with E-state index in [1.807, 2.05) is 0 Å². The van der Waals surface area contributed by atoms with Crippen molar-refractivity contribution < 1.29 is 9.85 Å².